The molecular weight excluding hydrogens is 326 g/mol. The van der Waals surface area contributed by atoms with Gasteiger partial charge in [-0.15, -0.1) is 0 Å². The number of nitrogens with zero attached hydrogens (tertiary/aromatic N) is 3. The van der Waals surface area contributed by atoms with Crippen molar-refractivity contribution in [3.8, 4) is 17.1 Å². The monoisotopic (exact) mass is 333 g/mol. The summed E-state index contributed by atoms with van der Waals surface area (Å²) in [6, 6.07) is 15.5. The fourth-order valence-electron chi connectivity index (χ4n) is 1.84. The van der Waals surface area contributed by atoms with Crippen LogP contribution in [-0.4, -0.2) is 14.8 Å². The molecule has 1 heterocycles. The van der Waals surface area contributed by atoms with Gasteiger partial charge in [0.05, 0.1) is 5.69 Å². The Bertz CT molecular complexity index is 707. The Labute approximate surface area is 124 Å². The topological polar surface area (TPSA) is 30.7 Å². The highest BCUT2D eigenvalue weighted by Gasteiger charge is 2.09. The highest BCUT2D eigenvalue weighted by atomic mass is 79.9. The fourth-order valence-corrected chi connectivity index (χ4v) is 2.36. The van der Waals surface area contributed by atoms with E-state index in [0.717, 1.165) is 21.5 Å². The second-order valence-corrected chi connectivity index (χ2v) is 5.33. The molecule has 0 fully saturated rings. The van der Waals surface area contributed by atoms with Crippen molar-refractivity contribution >= 4 is 27.5 Å². The van der Waals surface area contributed by atoms with Crippen molar-refractivity contribution in [2.24, 2.45) is 0 Å². The van der Waals surface area contributed by atoms with Crippen LogP contribution in [0.3, 0.4) is 0 Å². The van der Waals surface area contributed by atoms with Gasteiger partial charge in [-0.05, 0) is 36.4 Å². The van der Waals surface area contributed by atoms with Crippen LogP contribution in [-0.2, 0) is 0 Å². The normalized spacial score (nSPS) is 10.6. The van der Waals surface area contributed by atoms with E-state index in [1.165, 1.54) is 0 Å². The second-order valence-electron chi connectivity index (χ2n) is 3.98. The zero-order valence-electron chi connectivity index (χ0n) is 9.79. The smallest absolute Gasteiger partial charge is 0.163 e. The summed E-state index contributed by atoms with van der Waals surface area (Å²) in [6.07, 6.45) is 1.55. The first-order valence-corrected chi connectivity index (χ1v) is 6.83. The molecule has 3 rings (SSSR count). The number of aromatic nitrogens is 3. The minimum absolute atomic E-state index is 0.702. The lowest BCUT2D eigenvalue weighted by molar-refractivity contribution is 0.887. The van der Waals surface area contributed by atoms with E-state index in [4.69, 9.17) is 11.6 Å². The highest BCUT2D eigenvalue weighted by Crippen LogP contribution is 2.23. The van der Waals surface area contributed by atoms with Crippen molar-refractivity contribution in [3.63, 3.8) is 0 Å². The summed E-state index contributed by atoms with van der Waals surface area (Å²) in [7, 11) is 0. The summed E-state index contributed by atoms with van der Waals surface area (Å²) in [6.45, 7) is 0. The molecule has 0 bridgehead atoms. The maximum Gasteiger partial charge on any atom is 0.163 e. The third-order valence-corrected chi connectivity index (χ3v) is 3.45. The average molecular weight is 335 g/mol. The van der Waals surface area contributed by atoms with Gasteiger partial charge in [0.2, 0.25) is 0 Å². The Morgan fingerprint density at radius 1 is 1.05 bits per heavy atom. The Hall–Kier alpha value is -1.65. The first-order valence-electron chi connectivity index (χ1n) is 5.66. The fraction of sp³-hybridized carbons (Fsp3) is 0. The van der Waals surface area contributed by atoms with Gasteiger partial charge < -0.3 is 0 Å². The first-order chi connectivity index (χ1) is 9.24. The molecule has 2 aromatic carbocycles. The Balaban J connectivity index is 2.10. The molecule has 3 aromatic rings. The van der Waals surface area contributed by atoms with Gasteiger partial charge in [0.15, 0.2) is 5.82 Å². The standard InChI is InChI=1S/C14H9BrClN3/c15-11-3-1-2-10(8-11)14-17-9-18-19(14)13-6-4-12(16)5-7-13/h1-9H. The number of hydrogen-bond acceptors (Lipinski definition) is 2. The predicted octanol–water partition coefficient (Wildman–Crippen LogP) is 4.35. The molecule has 0 aliphatic heterocycles. The second kappa shape index (κ2) is 5.15. The van der Waals surface area contributed by atoms with Crippen LogP contribution in [0.2, 0.25) is 5.02 Å². The van der Waals surface area contributed by atoms with Crippen LogP contribution < -0.4 is 0 Å². The molecule has 0 saturated heterocycles. The predicted molar refractivity (Wildman–Crippen MR) is 79.5 cm³/mol. The van der Waals surface area contributed by atoms with Crippen molar-refractivity contribution in [2.45, 2.75) is 0 Å². The third kappa shape index (κ3) is 2.55. The summed E-state index contributed by atoms with van der Waals surface area (Å²) in [5.74, 6) is 0.795. The molecule has 0 radical (unpaired) electrons. The van der Waals surface area contributed by atoms with Crippen LogP contribution in [0.5, 0.6) is 0 Å². The molecule has 3 nitrogen and oxygen atoms in total. The van der Waals surface area contributed by atoms with Gasteiger partial charge in [0.25, 0.3) is 0 Å². The quantitative estimate of drug-likeness (QED) is 0.697. The molecule has 5 heteroatoms. The van der Waals surface area contributed by atoms with E-state index >= 15 is 0 Å². The van der Waals surface area contributed by atoms with Gasteiger partial charge >= 0.3 is 0 Å². The molecular formula is C14H9BrClN3. The van der Waals surface area contributed by atoms with Gasteiger partial charge in [0, 0.05) is 15.1 Å². The molecule has 0 atom stereocenters. The van der Waals surface area contributed by atoms with E-state index in [2.05, 4.69) is 26.0 Å². The zero-order valence-corrected chi connectivity index (χ0v) is 12.1. The van der Waals surface area contributed by atoms with Gasteiger partial charge in [0.1, 0.15) is 6.33 Å². The summed E-state index contributed by atoms with van der Waals surface area (Å²) in [5, 5.41) is 4.97. The van der Waals surface area contributed by atoms with E-state index in [0.29, 0.717) is 5.02 Å². The molecule has 1 aromatic heterocycles. The maximum absolute atomic E-state index is 5.90. The molecule has 0 unspecified atom stereocenters. The van der Waals surface area contributed by atoms with Crippen LogP contribution in [0.15, 0.2) is 59.3 Å². The zero-order chi connectivity index (χ0) is 13.2. The van der Waals surface area contributed by atoms with Crippen LogP contribution in [0.4, 0.5) is 0 Å². The Kier molecular flexibility index (Phi) is 3.36. The van der Waals surface area contributed by atoms with E-state index in [-0.39, 0.29) is 0 Å². The van der Waals surface area contributed by atoms with E-state index in [1.807, 2.05) is 48.5 Å². The number of rotatable bonds is 2. The van der Waals surface area contributed by atoms with Crippen LogP contribution in [0, 0.1) is 0 Å². The molecule has 0 aliphatic carbocycles. The molecule has 0 amide bonds. The summed E-state index contributed by atoms with van der Waals surface area (Å²) >= 11 is 9.36. The molecule has 94 valence electrons. The maximum atomic E-state index is 5.90. The number of benzene rings is 2. The van der Waals surface area contributed by atoms with Crippen LogP contribution >= 0.6 is 27.5 Å². The number of halogens is 2. The van der Waals surface area contributed by atoms with Crippen LogP contribution in [0.25, 0.3) is 17.1 Å². The van der Waals surface area contributed by atoms with Crippen molar-refractivity contribution in [2.75, 3.05) is 0 Å². The lowest BCUT2D eigenvalue weighted by Gasteiger charge is -2.06. The Morgan fingerprint density at radius 2 is 1.84 bits per heavy atom. The first kappa shape index (κ1) is 12.4. The lowest BCUT2D eigenvalue weighted by atomic mass is 10.2. The minimum atomic E-state index is 0.702. The molecule has 0 N–H and O–H groups in total. The molecule has 0 aliphatic rings. The van der Waals surface area contributed by atoms with E-state index in [9.17, 15) is 0 Å². The van der Waals surface area contributed by atoms with Crippen molar-refractivity contribution in [3.05, 3.63) is 64.4 Å². The largest absolute Gasteiger partial charge is 0.215 e. The minimum Gasteiger partial charge on any atom is -0.215 e. The SMILES string of the molecule is Clc1ccc(-n2ncnc2-c2cccc(Br)c2)cc1. The van der Waals surface area contributed by atoms with Crippen molar-refractivity contribution in [1.29, 1.82) is 0 Å². The van der Waals surface area contributed by atoms with E-state index in [1.54, 1.807) is 11.0 Å². The van der Waals surface area contributed by atoms with E-state index < -0.39 is 0 Å². The average Bonchev–Trinajstić information content (AvgIpc) is 2.89. The third-order valence-electron chi connectivity index (χ3n) is 2.70. The van der Waals surface area contributed by atoms with Gasteiger partial charge in [-0.25, -0.2) is 9.67 Å². The van der Waals surface area contributed by atoms with Crippen LogP contribution in [0.1, 0.15) is 0 Å². The molecule has 19 heavy (non-hydrogen) atoms. The van der Waals surface area contributed by atoms with Crippen molar-refractivity contribution in [1.82, 2.24) is 14.8 Å². The molecule has 0 saturated carbocycles. The summed E-state index contributed by atoms with van der Waals surface area (Å²) in [5.41, 5.74) is 1.93. The van der Waals surface area contributed by atoms with Gasteiger partial charge in [-0.2, -0.15) is 5.10 Å². The summed E-state index contributed by atoms with van der Waals surface area (Å²) < 4.78 is 2.80. The lowest BCUT2D eigenvalue weighted by Crippen LogP contribution is -1.99. The summed E-state index contributed by atoms with van der Waals surface area (Å²) in [4.78, 5) is 4.32. The Morgan fingerprint density at radius 3 is 2.58 bits per heavy atom. The van der Waals surface area contributed by atoms with Crippen molar-refractivity contribution < 1.29 is 0 Å². The molecule has 0 spiro atoms. The highest BCUT2D eigenvalue weighted by molar-refractivity contribution is 9.10. The van der Waals surface area contributed by atoms with Gasteiger partial charge in [-0.3, -0.25) is 0 Å². The van der Waals surface area contributed by atoms with Gasteiger partial charge in [-0.1, -0.05) is 39.7 Å². The number of hydrogen-bond donors (Lipinski definition) is 0.